The zero-order valence-corrected chi connectivity index (χ0v) is 22.2. The molecule has 0 amide bonds. The van der Waals surface area contributed by atoms with Gasteiger partial charge >= 0.3 is 5.97 Å². The summed E-state index contributed by atoms with van der Waals surface area (Å²) >= 11 is 0. The number of nitrogens with zero attached hydrogens (tertiary/aromatic N) is 1. The van der Waals surface area contributed by atoms with Crippen molar-refractivity contribution < 1.29 is 24.3 Å². The quantitative estimate of drug-likeness (QED) is 0.139. The number of ether oxygens (including phenoxy) is 2. The number of carboxylic acid groups (broad SMARTS) is 1. The highest BCUT2D eigenvalue weighted by atomic mass is 16.6. The van der Waals surface area contributed by atoms with Gasteiger partial charge in [0.2, 0.25) is 0 Å². The van der Waals surface area contributed by atoms with Gasteiger partial charge in [-0.15, -0.1) is 0 Å². The minimum Gasteiger partial charge on any atom is -0.493 e. The molecule has 0 aliphatic rings. The smallest absolute Gasteiger partial charge is 0.342 e. The first-order valence-electron chi connectivity index (χ1n) is 12.7. The predicted octanol–water partition coefficient (Wildman–Crippen LogP) is 7.76. The van der Waals surface area contributed by atoms with E-state index in [1.165, 1.54) is 39.2 Å². The van der Waals surface area contributed by atoms with E-state index in [1.54, 1.807) is 0 Å². The molecule has 1 N–H and O–H groups in total. The Balaban J connectivity index is 2.39. The molecule has 1 aromatic carbocycles. The van der Waals surface area contributed by atoms with Crippen LogP contribution in [0.1, 0.15) is 103 Å². The third-order valence-corrected chi connectivity index (χ3v) is 7.45. The van der Waals surface area contributed by atoms with Crippen molar-refractivity contribution in [1.82, 2.24) is 0 Å². The second-order valence-electron chi connectivity index (χ2n) is 10.2. The van der Waals surface area contributed by atoms with Crippen LogP contribution in [-0.4, -0.2) is 29.7 Å². The van der Waals surface area contributed by atoms with Crippen LogP contribution in [0.25, 0.3) is 0 Å². The van der Waals surface area contributed by atoms with E-state index in [0.717, 1.165) is 31.4 Å². The molecule has 0 unspecified atom stereocenters. The van der Waals surface area contributed by atoms with Crippen LogP contribution < -0.4 is 9.47 Å². The number of carboxylic acids is 1. The molecule has 0 bridgehead atoms. The van der Waals surface area contributed by atoms with Gasteiger partial charge in [-0.05, 0) is 36.0 Å². The zero-order valence-electron chi connectivity index (χ0n) is 22.2. The molecule has 7 heteroatoms. The van der Waals surface area contributed by atoms with E-state index in [4.69, 9.17) is 9.47 Å². The summed E-state index contributed by atoms with van der Waals surface area (Å²) in [5.41, 5.74) is -0.503. The van der Waals surface area contributed by atoms with Crippen molar-refractivity contribution in [3.63, 3.8) is 0 Å². The molecule has 0 aromatic heterocycles. The fourth-order valence-electron chi connectivity index (χ4n) is 5.61. The van der Waals surface area contributed by atoms with Gasteiger partial charge in [0.05, 0.1) is 24.7 Å². The number of methoxy groups -OCH3 is 1. The van der Waals surface area contributed by atoms with Gasteiger partial charge in [0.25, 0.3) is 5.69 Å². The van der Waals surface area contributed by atoms with Gasteiger partial charge in [-0.25, -0.2) is 4.79 Å². The van der Waals surface area contributed by atoms with E-state index in [2.05, 4.69) is 41.5 Å². The summed E-state index contributed by atoms with van der Waals surface area (Å²) in [4.78, 5) is 21.8. The largest absolute Gasteiger partial charge is 0.493 e. The van der Waals surface area contributed by atoms with Crippen molar-refractivity contribution >= 4 is 11.7 Å². The van der Waals surface area contributed by atoms with Gasteiger partial charge in [-0.1, -0.05) is 80.1 Å². The maximum Gasteiger partial charge on any atom is 0.342 e. The number of aromatic carboxylic acids is 1. The van der Waals surface area contributed by atoms with Crippen molar-refractivity contribution in [3.05, 3.63) is 27.8 Å². The number of benzene rings is 1. The van der Waals surface area contributed by atoms with Crippen molar-refractivity contribution in [1.29, 1.82) is 0 Å². The van der Waals surface area contributed by atoms with Crippen LogP contribution in [0.15, 0.2) is 12.1 Å². The summed E-state index contributed by atoms with van der Waals surface area (Å²) in [6.45, 7) is 14.6. The molecule has 0 heterocycles. The summed E-state index contributed by atoms with van der Waals surface area (Å²) in [6, 6.07) is 2.27. The molecule has 0 aliphatic heterocycles. The maximum absolute atomic E-state index is 11.3. The molecule has 0 saturated heterocycles. The Kier molecular flexibility index (Phi) is 12.4. The molecule has 34 heavy (non-hydrogen) atoms. The number of hydrogen-bond acceptors (Lipinski definition) is 5. The highest BCUT2D eigenvalue weighted by Crippen LogP contribution is 2.47. The highest BCUT2D eigenvalue weighted by Gasteiger charge is 2.39. The molecule has 0 fully saturated rings. The SMILES string of the molecule is COc1cc(C(=O)O)c([N+](=O)[O-])cc1OCCCCCCCCCC(C(C)C)(C(C)C)C(C)C. The summed E-state index contributed by atoms with van der Waals surface area (Å²) < 4.78 is 10.8. The summed E-state index contributed by atoms with van der Waals surface area (Å²) in [6.07, 6.45) is 9.25. The second-order valence-corrected chi connectivity index (χ2v) is 10.2. The number of unbranched alkanes of at least 4 members (excludes halogenated alkanes) is 6. The van der Waals surface area contributed by atoms with E-state index in [0.29, 0.717) is 29.8 Å². The van der Waals surface area contributed by atoms with Crippen molar-refractivity contribution in [2.24, 2.45) is 23.2 Å². The molecule has 0 radical (unpaired) electrons. The topological polar surface area (TPSA) is 98.9 Å². The number of carbonyl (C=O) groups is 1. The first kappa shape index (κ1) is 29.7. The maximum atomic E-state index is 11.3. The zero-order chi connectivity index (χ0) is 25.9. The third-order valence-electron chi connectivity index (χ3n) is 7.45. The molecule has 0 atom stereocenters. The molecule has 0 saturated carbocycles. The first-order chi connectivity index (χ1) is 16.0. The summed E-state index contributed by atoms with van der Waals surface area (Å²) in [5.74, 6) is 1.07. The lowest BCUT2D eigenvalue weighted by molar-refractivity contribution is -0.385. The Morgan fingerprint density at radius 2 is 1.41 bits per heavy atom. The Bertz CT molecular complexity index is 766. The molecular weight excluding hydrogens is 434 g/mol. The summed E-state index contributed by atoms with van der Waals surface area (Å²) in [5, 5.41) is 20.4. The molecule has 7 nitrogen and oxygen atoms in total. The van der Waals surface area contributed by atoms with Crippen molar-refractivity contribution in [2.45, 2.75) is 92.9 Å². The monoisotopic (exact) mass is 479 g/mol. The Morgan fingerprint density at radius 3 is 1.85 bits per heavy atom. The van der Waals surface area contributed by atoms with Gasteiger partial charge in [-0.3, -0.25) is 10.1 Å². The van der Waals surface area contributed by atoms with Gasteiger partial charge in [-0.2, -0.15) is 0 Å². The van der Waals surface area contributed by atoms with E-state index < -0.39 is 22.1 Å². The van der Waals surface area contributed by atoms with E-state index in [1.807, 2.05) is 0 Å². The standard InChI is InChI=1S/C27H45NO6/c1-19(2)27(20(3)4,21(5)6)15-13-11-9-8-10-12-14-16-34-25-18-23(28(31)32)22(26(29)30)17-24(25)33-7/h17-21H,8-16H2,1-7H3,(H,29,30). The molecular formula is C27H45NO6. The van der Waals surface area contributed by atoms with Crippen molar-refractivity contribution in [2.75, 3.05) is 13.7 Å². The lowest BCUT2D eigenvalue weighted by atomic mass is 9.60. The minimum atomic E-state index is -1.38. The predicted molar refractivity (Wildman–Crippen MR) is 136 cm³/mol. The van der Waals surface area contributed by atoms with Crippen LogP contribution in [-0.2, 0) is 0 Å². The van der Waals surface area contributed by atoms with Crippen LogP contribution in [0.2, 0.25) is 0 Å². The van der Waals surface area contributed by atoms with Gasteiger partial charge in [0, 0.05) is 6.07 Å². The Labute approximate surface area is 205 Å². The van der Waals surface area contributed by atoms with E-state index in [-0.39, 0.29) is 11.5 Å². The number of hydrogen-bond donors (Lipinski definition) is 1. The number of rotatable bonds is 17. The van der Waals surface area contributed by atoms with Crippen molar-refractivity contribution in [3.8, 4) is 11.5 Å². The van der Waals surface area contributed by atoms with Gasteiger partial charge in [0.15, 0.2) is 11.5 Å². The van der Waals surface area contributed by atoms with E-state index >= 15 is 0 Å². The fourth-order valence-corrected chi connectivity index (χ4v) is 5.61. The minimum absolute atomic E-state index is 0.184. The van der Waals surface area contributed by atoms with Crippen LogP contribution in [0, 0.1) is 33.3 Å². The van der Waals surface area contributed by atoms with Crippen LogP contribution >= 0.6 is 0 Å². The average Bonchev–Trinajstić information content (AvgIpc) is 2.75. The fraction of sp³-hybridized carbons (Fsp3) is 0.741. The van der Waals surface area contributed by atoms with Crippen LogP contribution in [0.5, 0.6) is 11.5 Å². The average molecular weight is 480 g/mol. The van der Waals surface area contributed by atoms with Crippen LogP contribution in [0.4, 0.5) is 5.69 Å². The Hall–Kier alpha value is -2.31. The Morgan fingerprint density at radius 1 is 0.912 bits per heavy atom. The van der Waals surface area contributed by atoms with Gasteiger partial charge < -0.3 is 14.6 Å². The first-order valence-corrected chi connectivity index (χ1v) is 12.7. The summed E-state index contributed by atoms with van der Waals surface area (Å²) in [7, 11) is 1.38. The second kappa shape index (κ2) is 14.2. The lowest BCUT2D eigenvalue weighted by Gasteiger charge is -2.45. The normalized spacial score (nSPS) is 11.9. The third kappa shape index (κ3) is 7.88. The number of nitro benzene ring substituents is 1. The van der Waals surface area contributed by atoms with Crippen LogP contribution in [0.3, 0.4) is 0 Å². The number of nitro groups is 1. The highest BCUT2D eigenvalue weighted by molar-refractivity contribution is 5.93. The van der Waals surface area contributed by atoms with Gasteiger partial charge in [0.1, 0.15) is 5.56 Å². The molecule has 194 valence electrons. The molecule has 1 aromatic rings. The lowest BCUT2D eigenvalue weighted by Crippen LogP contribution is -2.38. The molecule has 1 rings (SSSR count). The molecule has 0 aliphatic carbocycles. The molecule has 0 spiro atoms. The van der Waals surface area contributed by atoms with E-state index in [9.17, 15) is 20.0 Å².